The van der Waals surface area contributed by atoms with E-state index >= 15 is 0 Å². The Morgan fingerprint density at radius 2 is 2.00 bits per heavy atom. The van der Waals surface area contributed by atoms with E-state index in [9.17, 15) is 9.18 Å². The predicted octanol–water partition coefficient (Wildman–Crippen LogP) is 2.59. The van der Waals surface area contributed by atoms with Gasteiger partial charge in [-0.2, -0.15) is 0 Å². The molecule has 3 N–H and O–H groups in total. The topological polar surface area (TPSA) is 55.1 Å². The highest BCUT2D eigenvalue weighted by molar-refractivity contribution is 9.10. The first-order valence-corrected chi connectivity index (χ1v) is 6.87. The summed E-state index contributed by atoms with van der Waals surface area (Å²) in [6, 6.07) is 4.50. The first-order valence-electron chi connectivity index (χ1n) is 6.08. The number of carbonyl (C=O) groups excluding carboxylic acids is 1. The van der Waals surface area contributed by atoms with Crippen LogP contribution in [-0.4, -0.2) is 18.0 Å². The van der Waals surface area contributed by atoms with Crippen LogP contribution in [0.15, 0.2) is 22.7 Å². The standard InChI is InChI=1S/C13H16BrFN2O/c14-12-6-1-8(15)7-11(12)13(18)17-10-4-2-9(16)3-5-10/h1,6-7,9-10H,2-5,16H2,(H,17,18). The third kappa shape index (κ3) is 3.29. The lowest BCUT2D eigenvalue weighted by molar-refractivity contribution is 0.0924. The van der Waals surface area contributed by atoms with Crippen molar-refractivity contribution in [1.29, 1.82) is 0 Å². The van der Waals surface area contributed by atoms with Crippen LogP contribution in [0.1, 0.15) is 36.0 Å². The number of halogens is 2. The fourth-order valence-electron chi connectivity index (χ4n) is 2.20. The molecule has 2 rings (SSSR count). The fourth-order valence-corrected chi connectivity index (χ4v) is 2.62. The Labute approximate surface area is 114 Å². The summed E-state index contributed by atoms with van der Waals surface area (Å²) in [5.74, 6) is -0.643. The molecule has 1 fully saturated rings. The summed E-state index contributed by atoms with van der Waals surface area (Å²) in [7, 11) is 0. The van der Waals surface area contributed by atoms with Crippen LogP contribution in [-0.2, 0) is 0 Å². The molecule has 1 amide bonds. The van der Waals surface area contributed by atoms with Gasteiger partial charge in [-0.3, -0.25) is 4.79 Å². The lowest BCUT2D eigenvalue weighted by Crippen LogP contribution is -2.40. The van der Waals surface area contributed by atoms with Gasteiger partial charge in [0.05, 0.1) is 5.56 Å². The van der Waals surface area contributed by atoms with Crippen molar-refractivity contribution in [1.82, 2.24) is 5.32 Å². The van der Waals surface area contributed by atoms with Crippen LogP contribution in [0, 0.1) is 5.82 Å². The predicted molar refractivity (Wildman–Crippen MR) is 71.8 cm³/mol. The third-order valence-electron chi connectivity index (χ3n) is 3.28. The van der Waals surface area contributed by atoms with E-state index in [4.69, 9.17) is 5.73 Å². The van der Waals surface area contributed by atoms with Crippen LogP contribution < -0.4 is 11.1 Å². The first kappa shape index (κ1) is 13.5. The average molecular weight is 315 g/mol. The minimum absolute atomic E-state index is 0.146. The summed E-state index contributed by atoms with van der Waals surface area (Å²) in [5.41, 5.74) is 6.15. The van der Waals surface area contributed by atoms with E-state index in [0.717, 1.165) is 25.7 Å². The Balaban J connectivity index is 2.01. The van der Waals surface area contributed by atoms with Crippen LogP contribution in [0.25, 0.3) is 0 Å². The van der Waals surface area contributed by atoms with E-state index in [1.165, 1.54) is 12.1 Å². The number of hydrogen-bond acceptors (Lipinski definition) is 2. The van der Waals surface area contributed by atoms with E-state index in [-0.39, 0.29) is 18.0 Å². The van der Waals surface area contributed by atoms with Crippen molar-refractivity contribution < 1.29 is 9.18 Å². The lowest BCUT2D eigenvalue weighted by Gasteiger charge is -2.26. The largest absolute Gasteiger partial charge is 0.349 e. The van der Waals surface area contributed by atoms with Gasteiger partial charge in [0.1, 0.15) is 5.82 Å². The molecule has 0 radical (unpaired) electrons. The summed E-state index contributed by atoms with van der Waals surface area (Å²) in [5, 5.41) is 2.93. The summed E-state index contributed by atoms with van der Waals surface area (Å²) in [4.78, 5) is 12.0. The number of carbonyl (C=O) groups is 1. The molecule has 1 aliphatic carbocycles. The molecule has 0 bridgehead atoms. The van der Waals surface area contributed by atoms with Crippen LogP contribution in [0.3, 0.4) is 0 Å². The monoisotopic (exact) mass is 314 g/mol. The van der Waals surface area contributed by atoms with Crippen LogP contribution in [0.4, 0.5) is 4.39 Å². The van der Waals surface area contributed by atoms with Crippen molar-refractivity contribution in [3.8, 4) is 0 Å². The molecule has 0 unspecified atom stereocenters. The quantitative estimate of drug-likeness (QED) is 0.881. The number of nitrogens with two attached hydrogens (primary N) is 1. The van der Waals surface area contributed by atoms with Crippen LogP contribution in [0.2, 0.25) is 0 Å². The molecule has 1 aliphatic rings. The van der Waals surface area contributed by atoms with Gasteiger partial charge in [-0.1, -0.05) is 0 Å². The molecular weight excluding hydrogens is 299 g/mol. The molecule has 0 saturated heterocycles. The molecule has 5 heteroatoms. The van der Waals surface area contributed by atoms with Gasteiger partial charge in [-0.05, 0) is 59.8 Å². The highest BCUT2D eigenvalue weighted by atomic mass is 79.9. The van der Waals surface area contributed by atoms with Gasteiger partial charge >= 0.3 is 0 Å². The molecule has 0 heterocycles. The number of benzene rings is 1. The maximum absolute atomic E-state index is 13.1. The molecular formula is C13H16BrFN2O. The van der Waals surface area contributed by atoms with Crippen molar-refractivity contribution in [3.63, 3.8) is 0 Å². The van der Waals surface area contributed by atoms with Gasteiger partial charge in [0.25, 0.3) is 5.91 Å². The second-order valence-electron chi connectivity index (χ2n) is 4.71. The van der Waals surface area contributed by atoms with Crippen molar-refractivity contribution in [2.24, 2.45) is 5.73 Å². The summed E-state index contributed by atoms with van der Waals surface area (Å²) >= 11 is 3.26. The molecule has 0 aromatic heterocycles. The maximum Gasteiger partial charge on any atom is 0.252 e. The second-order valence-corrected chi connectivity index (χ2v) is 5.56. The SMILES string of the molecule is NC1CCC(NC(=O)c2cc(F)ccc2Br)CC1. The second kappa shape index (κ2) is 5.80. The maximum atomic E-state index is 13.1. The Kier molecular flexibility index (Phi) is 4.35. The number of rotatable bonds is 2. The molecule has 1 saturated carbocycles. The fraction of sp³-hybridized carbons (Fsp3) is 0.462. The van der Waals surface area contributed by atoms with E-state index in [1.54, 1.807) is 6.07 Å². The first-order chi connectivity index (χ1) is 8.56. The van der Waals surface area contributed by atoms with Crippen molar-refractivity contribution in [2.45, 2.75) is 37.8 Å². The van der Waals surface area contributed by atoms with Crippen LogP contribution >= 0.6 is 15.9 Å². The average Bonchev–Trinajstić information content (AvgIpc) is 2.35. The zero-order valence-corrected chi connectivity index (χ0v) is 11.5. The minimum Gasteiger partial charge on any atom is -0.349 e. The zero-order valence-electron chi connectivity index (χ0n) is 9.96. The van der Waals surface area contributed by atoms with Gasteiger partial charge in [0.2, 0.25) is 0 Å². The number of amides is 1. The zero-order chi connectivity index (χ0) is 13.1. The van der Waals surface area contributed by atoms with Gasteiger partial charge in [-0.15, -0.1) is 0 Å². The lowest BCUT2D eigenvalue weighted by atomic mass is 9.91. The van der Waals surface area contributed by atoms with Crippen molar-refractivity contribution >= 4 is 21.8 Å². The molecule has 3 nitrogen and oxygen atoms in total. The van der Waals surface area contributed by atoms with Crippen LogP contribution in [0.5, 0.6) is 0 Å². The molecule has 0 atom stereocenters. The molecule has 98 valence electrons. The Bertz CT molecular complexity index is 445. The Morgan fingerprint density at radius 1 is 1.33 bits per heavy atom. The highest BCUT2D eigenvalue weighted by Crippen LogP contribution is 2.20. The summed E-state index contributed by atoms with van der Waals surface area (Å²) in [6.07, 6.45) is 3.63. The molecule has 18 heavy (non-hydrogen) atoms. The van der Waals surface area contributed by atoms with E-state index in [1.807, 2.05) is 0 Å². The van der Waals surface area contributed by atoms with Crippen molar-refractivity contribution in [3.05, 3.63) is 34.1 Å². The van der Waals surface area contributed by atoms with Gasteiger partial charge in [0, 0.05) is 16.6 Å². The number of hydrogen-bond donors (Lipinski definition) is 2. The minimum atomic E-state index is -0.408. The summed E-state index contributed by atoms with van der Waals surface area (Å²) in [6.45, 7) is 0. The third-order valence-corrected chi connectivity index (χ3v) is 3.97. The van der Waals surface area contributed by atoms with E-state index < -0.39 is 5.82 Å². The van der Waals surface area contributed by atoms with Crippen molar-refractivity contribution in [2.75, 3.05) is 0 Å². The van der Waals surface area contributed by atoms with Gasteiger partial charge in [0.15, 0.2) is 0 Å². The van der Waals surface area contributed by atoms with E-state index in [0.29, 0.717) is 10.0 Å². The summed E-state index contributed by atoms with van der Waals surface area (Å²) < 4.78 is 13.7. The normalized spacial score (nSPS) is 23.7. The van der Waals surface area contributed by atoms with Gasteiger partial charge < -0.3 is 11.1 Å². The smallest absolute Gasteiger partial charge is 0.252 e. The number of nitrogens with one attached hydrogen (secondary N) is 1. The molecule has 0 spiro atoms. The molecule has 0 aliphatic heterocycles. The molecule has 1 aromatic rings. The molecule has 1 aromatic carbocycles. The highest BCUT2D eigenvalue weighted by Gasteiger charge is 2.21. The Hall–Kier alpha value is -0.940. The van der Waals surface area contributed by atoms with Gasteiger partial charge in [-0.25, -0.2) is 4.39 Å². The van der Waals surface area contributed by atoms with E-state index in [2.05, 4.69) is 21.2 Å². The Morgan fingerprint density at radius 3 is 2.67 bits per heavy atom.